The SMILES string of the molecule is Cc1cc2c(cc1N)N(C(=O)Nc1ccccc1Cl)CC2. The largest absolute Gasteiger partial charge is 0.398 e. The lowest BCUT2D eigenvalue weighted by Gasteiger charge is -2.19. The van der Waals surface area contributed by atoms with Gasteiger partial charge in [0.2, 0.25) is 0 Å². The molecule has 1 aliphatic rings. The normalized spacial score (nSPS) is 13.1. The fourth-order valence-corrected chi connectivity index (χ4v) is 2.72. The van der Waals surface area contributed by atoms with Crippen LogP contribution in [-0.2, 0) is 6.42 Å². The molecule has 0 radical (unpaired) electrons. The lowest BCUT2D eigenvalue weighted by atomic mass is 10.1. The number of hydrogen-bond acceptors (Lipinski definition) is 2. The smallest absolute Gasteiger partial charge is 0.326 e. The minimum absolute atomic E-state index is 0.190. The first-order valence-electron chi connectivity index (χ1n) is 6.78. The summed E-state index contributed by atoms with van der Waals surface area (Å²) < 4.78 is 0. The number of rotatable bonds is 1. The molecule has 0 bridgehead atoms. The van der Waals surface area contributed by atoms with E-state index in [9.17, 15) is 4.79 Å². The van der Waals surface area contributed by atoms with E-state index in [4.69, 9.17) is 17.3 Å². The van der Waals surface area contributed by atoms with Crippen molar-refractivity contribution in [1.29, 1.82) is 0 Å². The van der Waals surface area contributed by atoms with Gasteiger partial charge in [-0.1, -0.05) is 29.8 Å². The van der Waals surface area contributed by atoms with Crippen molar-refractivity contribution in [2.75, 3.05) is 22.5 Å². The van der Waals surface area contributed by atoms with E-state index in [1.807, 2.05) is 31.2 Å². The van der Waals surface area contributed by atoms with E-state index in [-0.39, 0.29) is 6.03 Å². The summed E-state index contributed by atoms with van der Waals surface area (Å²) in [5.74, 6) is 0. The molecule has 0 unspecified atom stereocenters. The highest BCUT2D eigenvalue weighted by Crippen LogP contribution is 2.32. The topological polar surface area (TPSA) is 58.4 Å². The van der Waals surface area contributed by atoms with Crippen LogP contribution >= 0.6 is 11.6 Å². The van der Waals surface area contributed by atoms with Gasteiger partial charge in [-0.15, -0.1) is 0 Å². The number of aryl methyl sites for hydroxylation is 1. The summed E-state index contributed by atoms with van der Waals surface area (Å²) in [6.45, 7) is 2.62. The molecule has 0 saturated heterocycles. The molecule has 2 aromatic carbocycles. The summed E-state index contributed by atoms with van der Waals surface area (Å²) in [5, 5.41) is 3.36. The van der Waals surface area contributed by atoms with Crippen molar-refractivity contribution in [2.24, 2.45) is 0 Å². The van der Waals surface area contributed by atoms with E-state index in [1.165, 1.54) is 0 Å². The highest BCUT2D eigenvalue weighted by Gasteiger charge is 2.25. The van der Waals surface area contributed by atoms with Gasteiger partial charge in [-0.25, -0.2) is 4.79 Å². The van der Waals surface area contributed by atoms with Crippen LogP contribution in [0.2, 0.25) is 5.02 Å². The minimum Gasteiger partial charge on any atom is -0.398 e. The first-order valence-corrected chi connectivity index (χ1v) is 7.16. The van der Waals surface area contributed by atoms with E-state index in [0.717, 1.165) is 23.2 Å². The number of carbonyl (C=O) groups is 1. The van der Waals surface area contributed by atoms with Crippen molar-refractivity contribution >= 4 is 34.7 Å². The molecule has 0 atom stereocenters. The van der Waals surface area contributed by atoms with E-state index in [0.29, 0.717) is 22.9 Å². The fourth-order valence-electron chi connectivity index (χ4n) is 2.53. The number of urea groups is 1. The van der Waals surface area contributed by atoms with Crippen LogP contribution in [0.3, 0.4) is 0 Å². The third-order valence-electron chi connectivity index (χ3n) is 3.72. The maximum Gasteiger partial charge on any atom is 0.326 e. The van der Waals surface area contributed by atoms with Crippen molar-refractivity contribution in [2.45, 2.75) is 13.3 Å². The summed E-state index contributed by atoms with van der Waals surface area (Å²) in [4.78, 5) is 14.1. The molecule has 1 aliphatic heterocycles. The number of benzene rings is 2. The van der Waals surface area contributed by atoms with Crippen LogP contribution in [0.25, 0.3) is 0 Å². The Kier molecular flexibility index (Phi) is 3.47. The quantitative estimate of drug-likeness (QED) is 0.787. The average molecular weight is 302 g/mol. The average Bonchev–Trinajstić information content (AvgIpc) is 2.85. The predicted molar refractivity (Wildman–Crippen MR) is 87.1 cm³/mol. The lowest BCUT2D eigenvalue weighted by Crippen LogP contribution is -2.33. The summed E-state index contributed by atoms with van der Waals surface area (Å²) >= 11 is 6.07. The molecule has 21 heavy (non-hydrogen) atoms. The standard InChI is InChI=1S/C16H16ClN3O/c1-10-8-11-6-7-20(15(11)9-13(10)18)16(21)19-14-5-3-2-4-12(14)17/h2-5,8-9H,6-7,18H2,1H3,(H,19,21). The zero-order chi connectivity index (χ0) is 15.0. The molecular formula is C16H16ClN3O. The van der Waals surface area contributed by atoms with Gasteiger partial charge >= 0.3 is 6.03 Å². The Balaban J connectivity index is 1.86. The second kappa shape index (κ2) is 5.30. The third-order valence-corrected chi connectivity index (χ3v) is 4.05. The number of halogens is 1. The van der Waals surface area contributed by atoms with Gasteiger partial charge in [0.05, 0.1) is 16.4 Å². The van der Waals surface area contributed by atoms with Crippen LogP contribution in [-0.4, -0.2) is 12.6 Å². The molecule has 4 nitrogen and oxygen atoms in total. The molecule has 3 N–H and O–H groups in total. The van der Waals surface area contributed by atoms with Gasteiger partial charge in [0.1, 0.15) is 0 Å². The van der Waals surface area contributed by atoms with Gasteiger partial charge < -0.3 is 11.1 Å². The Labute approximate surface area is 128 Å². The second-order valence-corrected chi connectivity index (χ2v) is 5.56. The Bertz CT molecular complexity index is 715. The Morgan fingerprint density at radius 1 is 1.33 bits per heavy atom. The molecule has 1 heterocycles. The first-order chi connectivity index (χ1) is 10.1. The molecule has 0 fully saturated rings. The predicted octanol–water partition coefficient (Wildman–Crippen LogP) is 3.83. The Morgan fingerprint density at radius 3 is 2.86 bits per heavy atom. The maximum atomic E-state index is 12.4. The lowest BCUT2D eigenvalue weighted by molar-refractivity contribution is 0.257. The maximum absolute atomic E-state index is 12.4. The van der Waals surface area contributed by atoms with Crippen LogP contribution in [0.15, 0.2) is 36.4 Å². The number of nitrogens with one attached hydrogen (secondary N) is 1. The number of amides is 2. The number of nitrogens with zero attached hydrogens (tertiary/aromatic N) is 1. The van der Waals surface area contributed by atoms with Gasteiger partial charge in [-0.2, -0.15) is 0 Å². The van der Waals surface area contributed by atoms with Crippen molar-refractivity contribution in [3.05, 3.63) is 52.5 Å². The zero-order valence-corrected chi connectivity index (χ0v) is 12.4. The summed E-state index contributed by atoms with van der Waals surface area (Å²) in [5.41, 5.74) is 10.3. The summed E-state index contributed by atoms with van der Waals surface area (Å²) in [6.07, 6.45) is 0.840. The Hall–Kier alpha value is -2.20. The number of para-hydroxylation sites is 1. The molecule has 0 aromatic heterocycles. The number of hydrogen-bond donors (Lipinski definition) is 2. The highest BCUT2D eigenvalue weighted by atomic mass is 35.5. The molecule has 2 amide bonds. The molecule has 3 rings (SSSR count). The van der Waals surface area contributed by atoms with Gasteiger partial charge in [-0.05, 0) is 42.7 Å². The van der Waals surface area contributed by atoms with Gasteiger partial charge in [0.25, 0.3) is 0 Å². The van der Waals surface area contributed by atoms with Gasteiger partial charge in [0, 0.05) is 12.2 Å². The monoisotopic (exact) mass is 301 g/mol. The fraction of sp³-hybridized carbons (Fsp3) is 0.188. The van der Waals surface area contributed by atoms with E-state index < -0.39 is 0 Å². The van der Waals surface area contributed by atoms with Crippen LogP contribution in [0.5, 0.6) is 0 Å². The van der Waals surface area contributed by atoms with Crippen LogP contribution in [0.4, 0.5) is 21.9 Å². The van der Waals surface area contributed by atoms with Gasteiger partial charge in [0.15, 0.2) is 0 Å². The number of fused-ring (bicyclic) bond motifs is 1. The summed E-state index contributed by atoms with van der Waals surface area (Å²) in [7, 11) is 0. The van der Waals surface area contributed by atoms with Crippen LogP contribution < -0.4 is 16.0 Å². The second-order valence-electron chi connectivity index (χ2n) is 5.15. The zero-order valence-electron chi connectivity index (χ0n) is 11.7. The number of nitrogens with two attached hydrogens (primary N) is 1. The molecule has 0 spiro atoms. The number of nitrogen functional groups attached to an aromatic ring is 1. The molecule has 2 aromatic rings. The third kappa shape index (κ3) is 2.54. The minimum atomic E-state index is -0.190. The Morgan fingerprint density at radius 2 is 2.10 bits per heavy atom. The van der Waals surface area contributed by atoms with Crippen LogP contribution in [0.1, 0.15) is 11.1 Å². The first kappa shape index (κ1) is 13.8. The van der Waals surface area contributed by atoms with E-state index in [1.54, 1.807) is 17.0 Å². The van der Waals surface area contributed by atoms with E-state index in [2.05, 4.69) is 5.32 Å². The van der Waals surface area contributed by atoms with Crippen LogP contribution in [0, 0.1) is 6.92 Å². The van der Waals surface area contributed by atoms with Gasteiger partial charge in [-0.3, -0.25) is 4.90 Å². The van der Waals surface area contributed by atoms with Crippen molar-refractivity contribution in [3.63, 3.8) is 0 Å². The number of anilines is 3. The summed E-state index contributed by atoms with van der Waals surface area (Å²) in [6, 6.07) is 10.9. The van der Waals surface area contributed by atoms with E-state index >= 15 is 0 Å². The highest BCUT2D eigenvalue weighted by molar-refractivity contribution is 6.33. The van der Waals surface area contributed by atoms with Crippen molar-refractivity contribution in [3.8, 4) is 0 Å². The number of carbonyl (C=O) groups excluding carboxylic acids is 1. The molecular weight excluding hydrogens is 286 g/mol. The van der Waals surface area contributed by atoms with Crippen molar-refractivity contribution < 1.29 is 4.79 Å². The molecule has 0 saturated carbocycles. The molecule has 0 aliphatic carbocycles. The molecule has 108 valence electrons. The molecule has 5 heteroatoms. The van der Waals surface area contributed by atoms with Crippen molar-refractivity contribution in [1.82, 2.24) is 0 Å².